The fraction of sp³-hybridized carbons (Fsp3) is 0.571. The summed E-state index contributed by atoms with van der Waals surface area (Å²) < 4.78 is 23.8. The first-order valence-electron chi connectivity index (χ1n) is 6.81. The third-order valence-electron chi connectivity index (χ3n) is 3.50. The zero-order valence-corrected chi connectivity index (χ0v) is 14.1. The van der Waals surface area contributed by atoms with E-state index < -0.39 is 9.84 Å². The van der Waals surface area contributed by atoms with E-state index in [-0.39, 0.29) is 6.04 Å². The van der Waals surface area contributed by atoms with Gasteiger partial charge in [0.05, 0.1) is 11.5 Å². The number of benzene rings is 1. The molecule has 112 valence electrons. The smallest absolute Gasteiger partial charge is 0.151 e. The van der Waals surface area contributed by atoms with E-state index >= 15 is 0 Å². The molecule has 1 heterocycles. The number of nitrogens with one attached hydrogen (secondary N) is 1. The van der Waals surface area contributed by atoms with Gasteiger partial charge in [0.25, 0.3) is 0 Å². The van der Waals surface area contributed by atoms with E-state index in [9.17, 15) is 8.42 Å². The molecule has 1 fully saturated rings. The summed E-state index contributed by atoms with van der Waals surface area (Å²) in [5.41, 5.74) is 1.27. The first-order chi connectivity index (χ1) is 9.44. The van der Waals surface area contributed by atoms with Gasteiger partial charge >= 0.3 is 0 Å². The minimum absolute atomic E-state index is 0.138. The van der Waals surface area contributed by atoms with Crippen LogP contribution in [0.5, 0.6) is 0 Å². The van der Waals surface area contributed by atoms with Crippen LogP contribution >= 0.6 is 15.9 Å². The Bertz CT molecular complexity index is 548. The van der Waals surface area contributed by atoms with Gasteiger partial charge in [-0.05, 0) is 31.2 Å². The molecule has 0 radical (unpaired) electrons. The Hall–Kier alpha value is -0.430. The molecule has 1 atom stereocenters. The van der Waals surface area contributed by atoms with Gasteiger partial charge in [-0.25, -0.2) is 8.42 Å². The molecular weight excluding hydrogens is 340 g/mol. The van der Waals surface area contributed by atoms with E-state index in [0.29, 0.717) is 11.5 Å². The quantitative estimate of drug-likeness (QED) is 0.837. The molecule has 20 heavy (non-hydrogen) atoms. The molecule has 0 aliphatic carbocycles. The second-order valence-electron chi connectivity index (χ2n) is 5.42. The Morgan fingerprint density at radius 3 is 2.90 bits per heavy atom. The maximum atomic E-state index is 11.4. The Morgan fingerprint density at radius 1 is 1.45 bits per heavy atom. The van der Waals surface area contributed by atoms with Gasteiger partial charge in [0, 0.05) is 30.1 Å². The number of nitrogens with zero attached hydrogens (tertiary/aromatic N) is 1. The zero-order valence-electron chi connectivity index (χ0n) is 11.7. The third-order valence-corrected chi connectivity index (χ3v) is 5.76. The molecule has 4 nitrogen and oxygen atoms in total. The monoisotopic (exact) mass is 360 g/mol. The number of halogens is 1. The van der Waals surface area contributed by atoms with Crippen molar-refractivity contribution in [3.05, 3.63) is 34.3 Å². The van der Waals surface area contributed by atoms with Crippen molar-refractivity contribution in [1.82, 2.24) is 10.2 Å². The van der Waals surface area contributed by atoms with Crippen molar-refractivity contribution in [2.45, 2.75) is 19.0 Å². The molecule has 1 unspecified atom stereocenters. The van der Waals surface area contributed by atoms with Crippen LogP contribution in [0.1, 0.15) is 12.0 Å². The summed E-state index contributed by atoms with van der Waals surface area (Å²) in [4.78, 5) is 2.23. The first kappa shape index (κ1) is 15.9. The van der Waals surface area contributed by atoms with Gasteiger partial charge in [-0.3, -0.25) is 0 Å². The molecule has 1 aromatic carbocycles. The molecular formula is C14H21BrN2O2S. The summed E-state index contributed by atoms with van der Waals surface area (Å²) in [6, 6.07) is 8.42. The van der Waals surface area contributed by atoms with E-state index in [0.717, 1.165) is 30.5 Å². The lowest BCUT2D eigenvalue weighted by Gasteiger charge is -2.18. The second-order valence-corrected chi connectivity index (χ2v) is 8.57. The molecule has 0 bridgehead atoms. The average molecular weight is 361 g/mol. The van der Waals surface area contributed by atoms with Crippen LogP contribution < -0.4 is 5.32 Å². The number of hydrogen-bond donors (Lipinski definition) is 1. The van der Waals surface area contributed by atoms with Crippen LogP contribution in [0.25, 0.3) is 0 Å². The normalized spacial score (nSPS) is 21.4. The Kier molecular flexibility index (Phi) is 5.60. The number of likely N-dealkylation sites (N-methyl/N-ethyl adjacent to an activating group) is 1. The summed E-state index contributed by atoms with van der Waals surface area (Å²) >= 11 is 3.47. The van der Waals surface area contributed by atoms with Crippen molar-refractivity contribution in [2.75, 3.05) is 31.6 Å². The van der Waals surface area contributed by atoms with Gasteiger partial charge in [-0.15, -0.1) is 0 Å². The second kappa shape index (κ2) is 7.02. The van der Waals surface area contributed by atoms with Crippen molar-refractivity contribution < 1.29 is 8.42 Å². The van der Waals surface area contributed by atoms with Gasteiger partial charge in [-0.2, -0.15) is 0 Å². The van der Waals surface area contributed by atoms with Crippen LogP contribution in [0.2, 0.25) is 0 Å². The average Bonchev–Trinajstić information content (AvgIpc) is 2.69. The SMILES string of the molecule is CN(CCNC1CCS(=O)(=O)C1)Cc1cccc(Br)c1. The van der Waals surface area contributed by atoms with Crippen molar-refractivity contribution in [3.63, 3.8) is 0 Å². The van der Waals surface area contributed by atoms with Crippen LogP contribution in [-0.4, -0.2) is 51.0 Å². The van der Waals surface area contributed by atoms with E-state index in [1.165, 1.54) is 5.56 Å². The maximum Gasteiger partial charge on any atom is 0.151 e. The molecule has 2 rings (SSSR count). The van der Waals surface area contributed by atoms with Crippen molar-refractivity contribution in [2.24, 2.45) is 0 Å². The van der Waals surface area contributed by atoms with Gasteiger partial charge in [-0.1, -0.05) is 28.1 Å². The van der Waals surface area contributed by atoms with Gasteiger partial charge in [0.1, 0.15) is 0 Å². The number of rotatable bonds is 6. The fourth-order valence-electron chi connectivity index (χ4n) is 2.44. The predicted octanol–water partition coefficient (Wildman–Crippen LogP) is 1.66. The lowest BCUT2D eigenvalue weighted by Crippen LogP contribution is -2.36. The lowest BCUT2D eigenvalue weighted by molar-refractivity contribution is 0.318. The third kappa shape index (κ3) is 5.16. The molecule has 0 aromatic heterocycles. The number of hydrogen-bond acceptors (Lipinski definition) is 4. The van der Waals surface area contributed by atoms with Gasteiger partial charge in [0.15, 0.2) is 9.84 Å². The van der Waals surface area contributed by atoms with E-state index in [2.05, 4.69) is 45.3 Å². The Morgan fingerprint density at radius 2 is 2.25 bits per heavy atom. The highest BCUT2D eigenvalue weighted by Crippen LogP contribution is 2.13. The maximum absolute atomic E-state index is 11.4. The van der Waals surface area contributed by atoms with Crippen LogP contribution in [0.15, 0.2) is 28.7 Å². The van der Waals surface area contributed by atoms with Crippen LogP contribution in [0, 0.1) is 0 Å². The van der Waals surface area contributed by atoms with E-state index in [4.69, 9.17) is 0 Å². The van der Waals surface area contributed by atoms with Crippen molar-refractivity contribution in [3.8, 4) is 0 Å². The summed E-state index contributed by atoms with van der Waals surface area (Å²) in [5, 5.41) is 3.34. The highest BCUT2D eigenvalue weighted by Gasteiger charge is 2.27. The highest BCUT2D eigenvalue weighted by atomic mass is 79.9. The van der Waals surface area contributed by atoms with E-state index in [1.807, 2.05) is 12.1 Å². The van der Waals surface area contributed by atoms with Crippen LogP contribution in [0.3, 0.4) is 0 Å². The van der Waals surface area contributed by atoms with E-state index in [1.54, 1.807) is 0 Å². The molecule has 1 aliphatic rings. The molecule has 0 saturated carbocycles. The molecule has 1 aliphatic heterocycles. The minimum Gasteiger partial charge on any atom is -0.312 e. The molecule has 6 heteroatoms. The largest absolute Gasteiger partial charge is 0.312 e. The van der Waals surface area contributed by atoms with Gasteiger partial charge in [0.2, 0.25) is 0 Å². The standard InChI is InChI=1S/C14H21BrN2O2S/c1-17(10-12-3-2-4-13(15)9-12)7-6-16-14-5-8-20(18,19)11-14/h2-4,9,14,16H,5-8,10-11H2,1H3. The van der Waals surface area contributed by atoms with Crippen LogP contribution in [-0.2, 0) is 16.4 Å². The molecule has 1 aromatic rings. The predicted molar refractivity (Wildman–Crippen MR) is 85.5 cm³/mol. The van der Waals surface area contributed by atoms with Crippen LogP contribution in [0.4, 0.5) is 0 Å². The lowest BCUT2D eigenvalue weighted by atomic mass is 10.2. The molecule has 0 amide bonds. The summed E-state index contributed by atoms with van der Waals surface area (Å²) in [6.45, 7) is 2.62. The van der Waals surface area contributed by atoms with Gasteiger partial charge < -0.3 is 10.2 Å². The Balaban J connectivity index is 1.69. The molecule has 1 N–H and O–H groups in total. The molecule has 1 saturated heterocycles. The zero-order chi connectivity index (χ0) is 14.6. The number of sulfone groups is 1. The summed E-state index contributed by atoms with van der Waals surface area (Å²) in [7, 11) is -0.703. The summed E-state index contributed by atoms with van der Waals surface area (Å²) in [6.07, 6.45) is 0.748. The van der Waals surface area contributed by atoms with Crippen molar-refractivity contribution in [1.29, 1.82) is 0 Å². The Labute approximate surface area is 129 Å². The van der Waals surface area contributed by atoms with Crippen molar-refractivity contribution >= 4 is 25.8 Å². The molecule has 0 spiro atoms. The highest BCUT2D eigenvalue weighted by molar-refractivity contribution is 9.10. The summed E-state index contributed by atoms with van der Waals surface area (Å²) in [5.74, 6) is 0.626. The topological polar surface area (TPSA) is 49.4 Å². The first-order valence-corrected chi connectivity index (χ1v) is 9.43. The fourth-order valence-corrected chi connectivity index (χ4v) is 4.60. The minimum atomic E-state index is -2.78.